The van der Waals surface area contributed by atoms with E-state index in [1.165, 1.54) is 0 Å². The van der Waals surface area contributed by atoms with Gasteiger partial charge in [0.25, 0.3) is 0 Å². The first-order valence-electron chi connectivity index (χ1n) is 6.70. The number of nitrogens with one attached hydrogen (secondary N) is 1. The summed E-state index contributed by atoms with van der Waals surface area (Å²) in [4.78, 5) is 4.37. The van der Waals surface area contributed by atoms with Crippen LogP contribution in [0.4, 0.5) is 0 Å². The van der Waals surface area contributed by atoms with Crippen molar-refractivity contribution in [1.82, 2.24) is 10.3 Å². The number of methoxy groups -OCH3 is 2. The number of rotatable bonds is 4. The summed E-state index contributed by atoms with van der Waals surface area (Å²) in [6.45, 7) is 1.89. The van der Waals surface area contributed by atoms with Crippen LogP contribution in [-0.4, -0.2) is 38.4 Å². The van der Waals surface area contributed by atoms with Crippen molar-refractivity contribution in [3.63, 3.8) is 0 Å². The zero-order valence-electron chi connectivity index (χ0n) is 12.1. The maximum atomic E-state index is 6.06. The van der Waals surface area contributed by atoms with E-state index in [0.29, 0.717) is 11.5 Å². The van der Waals surface area contributed by atoms with E-state index < -0.39 is 0 Å². The lowest BCUT2D eigenvalue weighted by molar-refractivity contribution is 0.226. The molecule has 114 valence electrons. The van der Waals surface area contributed by atoms with Crippen LogP contribution in [0.2, 0.25) is 0 Å². The lowest BCUT2D eigenvalue weighted by Gasteiger charge is -2.15. The molecular formula is C15H19ClN2O3. The van der Waals surface area contributed by atoms with E-state index in [1.54, 1.807) is 20.4 Å². The molecule has 0 aliphatic carbocycles. The van der Waals surface area contributed by atoms with Crippen LogP contribution >= 0.6 is 12.4 Å². The molecule has 0 bridgehead atoms. The fourth-order valence-corrected chi connectivity index (χ4v) is 2.46. The molecule has 3 rings (SSSR count). The summed E-state index contributed by atoms with van der Waals surface area (Å²) in [7, 11) is 3.25. The summed E-state index contributed by atoms with van der Waals surface area (Å²) >= 11 is 0. The Morgan fingerprint density at radius 3 is 2.57 bits per heavy atom. The van der Waals surface area contributed by atoms with Gasteiger partial charge in [-0.15, -0.1) is 12.4 Å². The van der Waals surface area contributed by atoms with E-state index >= 15 is 0 Å². The molecule has 1 N–H and O–H groups in total. The summed E-state index contributed by atoms with van der Waals surface area (Å²) in [6, 6.07) is 5.68. The number of halogens is 1. The number of hydrogen-bond acceptors (Lipinski definition) is 5. The first-order chi connectivity index (χ1) is 9.81. The molecule has 1 fully saturated rings. The second kappa shape index (κ2) is 6.83. The van der Waals surface area contributed by atoms with Gasteiger partial charge in [0.2, 0.25) is 0 Å². The van der Waals surface area contributed by atoms with Crippen molar-refractivity contribution in [2.24, 2.45) is 0 Å². The minimum atomic E-state index is 0. The molecule has 1 atom stereocenters. The van der Waals surface area contributed by atoms with Gasteiger partial charge in [-0.3, -0.25) is 4.98 Å². The fraction of sp³-hybridized carbons (Fsp3) is 0.400. The lowest BCUT2D eigenvalue weighted by Crippen LogP contribution is -2.19. The molecule has 1 aromatic carbocycles. The third-order valence-electron chi connectivity index (χ3n) is 3.52. The zero-order chi connectivity index (χ0) is 13.9. The van der Waals surface area contributed by atoms with Gasteiger partial charge in [-0.05, 0) is 25.1 Å². The Kier molecular flexibility index (Phi) is 5.09. The van der Waals surface area contributed by atoms with E-state index in [9.17, 15) is 0 Å². The Bertz CT molecular complexity index is 615. The van der Waals surface area contributed by atoms with E-state index in [-0.39, 0.29) is 18.5 Å². The summed E-state index contributed by atoms with van der Waals surface area (Å²) in [6.07, 6.45) is 3.00. The maximum Gasteiger partial charge on any atom is 0.162 e. The highest BCUT2D eigenvalue weighted by atomic mass is 35.5. The minimum Gasteiger partial charge on any atom is -0.493 e. The predicted octanol–water partition coefficient (Wildman–Crippen LogP) is 2.41. The van der Waals surface area contributed by atoms with Crippen molar-refractivity contribution in [1.29, 1.82) is 0 Å². The number of ether oxygens (including phenoxy) is 3. The van der Waals surface area contributed by atoms with Crippen LogP contribution in [0.5, 0.6) is 17.2 Å². The Balaban J connectivity index is 0.00000161. The summed E-state index contributed by atoms with van der Waals surface area (Å²) < 4.78 is 16.7. The minimum absolute atomic E-state index is 0. The van der Waals surface area contributed by atoms with Gasteiger partial charge in [-0.2, -0.15) is 0 Å². The van der Waals surface area contributed by atoms with Gasteiger partial charge in [0.05, 0.1) is 19.7 Å². The van der Waals surface area contributed by atoms with Crippen LogP contribution in [0.15, 0.2) is 24.4 Å². The normalized spacial score (nSPS) is 17.3. The van der Waals surface area contributed by atoms with Crippen molar-refractivity contribution >= 4 is 23.3 Å². The Morgan fingerprint density at radius 2 is 1.90 bits per heavy atom. The lowest BCUT2D eigenvalue weighted by atomic mass is 10.1. The largest absolute Gasteiger partial charge is 0.493 e. The highest BCUT2D eigenvalue weighted by Crippen LogP contribution is 2.35. The summed E-state index contributed by atoms with van der Waals surface area (Å²) in [5.41, 5.74) is 0.839. The van der Waals surface area contributed by atoms with Gasteiger partial charge in [0.1, 0.15) is 11.9 Å². The van der Waals surface area contributed by atoms with Crippen LogP contribution in [0, 0.1) is 0 Å². The summed E-state index contributed by atoms with van der Waals surface area (Å²) in [5, 5.41) is 4.24. The zero-order valence-corrected chi connectivity index (χ0v) is 12.9. The highest BCUT2D eigenvalue weighted by Gasteiger charge is 2.18. The standard InChI is InChI=1S/C15H18N2O3.ClH/c1-18-14-7-11-12(8-15(14)19-2)17-6-4-13(11)20-10-3-5-16-9-10;/h4,6-8,10,16H,3,5,9H2,1-2H3;1H/t10-;/m0./s1. The summed E-state index contributed by atoms with van der Waals surface area (Å²) in [5.74, 6) is 2.19. The van der Waals surface area contributed by atoms with Crippen LogP contribution in [0.3, 0.4) is 0 Å². The van der Waals surface area contributed by atoms with Crippen molar-refractivity contribution in [3.8, 4) is 17.2 Å². The molecule has 21 heavy (non-hydrogen) atoms. The number of pyridine rings is 1. The van der Waals surface area contributed by atoms with Crippen LogP contribution in [0.1, 0.15) is 6.42 Å². The Hall–Kier alpha value is -1.72. The third-order valence-corrected chi connectivity index (χ3v) is 3.52. The highest BCUT2D eigenvalue weighted by molar-refractivity contribution is 5.88. The van der Waals surface area contributed by atoms with Gasteiger partial charge < -0.3 is 19.5 Å². The quantitative estimate of drug-likeness (QED) is 0.940. The predicted molar refractivity (Wildman–Crippen MR) is 84.0 cm³/mol. The molecule has 1 aliphatic heterocycles. The molecule has 0 spiro atoms. The molecular weight excluding hydrogens is 292 g/mol. The average molecular weight is 311 g/mol. The first-order valence-corrected chi connectivity index (χ1v) is 6.70. The fourth-order valence-electron chi connectivity index (χ4n) is 2.46. The Morgan fingerprint density at radius 1 is 1.14 bits per heavy atom. The average Bonchev–Trinajstić information content (AvgIpc) is 2.99. The molecule has 0 unspecified atom stereocenters. The van der Waals surface area contributed by atoms with Crippen molar-refractivity contribution < 1.29 is 14.2 Å². The van der Waals surface area contributed by atoms with Crippen molar-refractivity contribution in [3.05, 3.63) is 24.4 Å². The van der Waals surface area contributed by atoms with Gasteiger partial charge >= 0.3 is 0 Å². The Labute approximate surface area is 130 Å². The second-order valence-corrected chi connectivity index (χ2v) is 4.77. The molecule has 5 nitrogen and oxygen atoms in total. The maximum absolute atomic E-state index is 6.06. The number of nitrogens with zero attached hydrogens (tertiary/aromatic N) is 1. The number of fused-ring (bicyclic) bond motifs is 1. The molecule has 1 aromatic heterocycles. The number of aromatic nitrogens is 1. The molecule has 0 radical (unpaired) electrons. The van der Waals surface area contributed by atoms with Gasteiger partial charge in [-0.25, -0.2) is 0 Å². The molecule has 0 amide bonds. The topological polar surface area (TPSA) is 52.6 Å². The molecule has 0 saturated carbocycles. The molecule has 2 aromatic rings. The van der Waals surface area contributed by atoms with Crippen molar-refractivity contribution in [2.45, 2.75) is 12.5 Å². The monoisotopic (exact) mass is 310 g/mol. The van der Waals surface area contributed by atoms with Crippen LogP contribution in [-0.2, 0) is 0 Å². The van der Waals surface area contributed by atoms with Gasteiger partial charge in [0, 0.05) is 24.2 Å². The van der Waals surface area contributed by atoms with Crippen molar-refractivity contribution in [2.75, 3.05) is 27.3 Å². The van der Waals surface area contributed by atoms with E-state index in [0.717, 1.165) is 36.2 Å². The van der Waals surface area contributed by atoms with Crippen LogP contribution in [0.25, 0.3) is 10.9 Å². The first kappa shape index (κ1) is 15.7. The molecule has 1 aliphatic rings. The smallest absolute Gasteiger partial charge is 0.162 e. The SMILES string of the molecule is COc1cc2nccc(O[C@H]3CCNC3)c2cc1OC.Cl. The molecule has 2 heterocycles. The van der Waals surface area contributed by atoms with Gasteiger partial charge in [-0.1, -0.05) is 0 Å². The number of benzene rings is 1. The number of hydrogen-bond donors (Lipinski definition) is 1. The second-order valence-electron chi connectivity index (χ2n) is 4.77. The van der Waals surface area contributed by atoms with E-state index in [2.05, 4.69) is 10.3 Å². The van der Waals surface area contributed by atoms with E-state index in [4.69, 9.17) is 14.2 Å². The third kappa shape index (κ3) is 3.14. The van der Waals surface area contributed by atoms with E-state index in [1.807, 2.05) is 18.2 Å². The molecule has 1 saturated heterocycles. The molecule has 6 heteroatoms. The van der Waals surface area contributed by atoms with Gasteiger partial charge in [0.15, 0.2) is 11.5 Å². The van der Waals surface area contributed by atoms with Crippen LogP contribution < -0.4 is 19.5 Å².